The smallest absolute Gasteiger partial charge is 0.171 e. The maximum Gasteiger partial charge on any atom is 0.171 e. The average molecular weight is 359 g/mol. The van der Waals surface area contributed by atoms with Crippen LogP contribution in [0.25, 0.3) is 11.1 Å². The summed E-state index contributed by atoms with van der Waals surface area (Å²) >= 11 is 5.46. The highest BCUT2D eigenvalue weighted by molar-refractivity contribution is 7.80. The van der Waals surface area contributed by atoms with Gasteiger partial charge in [-0.15, -0.1) is 0 Å². The molecule has 0 saturated heterocycles. The molecule has 1 aliphatic carbocycles. The first kappa shape index (κ1) is 16.8. The van der Waals surface area contributed by atoms with Gasteiger partial charge in [0.05, 0.1) is 0 Å². The maximum atomic E-state index is 5.46. The van der Waals surface area contributed by atoms with Crippen LogP contribution in [0.2, 0.25) is 0 Å². The number of rotatable bonds is 4. The number of nitrogens with one attached hydrogen (secondary N) is 2. The number of fused-ring (bicyclic) bond motifs is 3. The van der Waals surface area contributed by atoms with Crippen molar-refractivity contribution in [2.24, 2.45) is 0 Å². The predicted molar refractivity (Wildman–Crippen MR) is 114 cm³/mol. The molecule has 3 heteroatoms. The second-order valence-electron chi connectivity index (χ2n) is 6.64. The summed E-state index contributed by atoms with van der Waals surface area (Å²) in [7, 11) is 0. The van der Waals surface area contributed by atoms with Crippen molar-refractivity contribution in [1.29, 1.82) is 0 Å². The van der Waals surface area contributed by atoms with Crippen LogP contribution in [0.5, 0.6) is 0 Å². The molecule has 0 bridgehead atoms. The second-order valence-corrected chi connectivity index (χ2v) is 7.05. The van der Waals surface area contributed by atoms with Crippen LogP contribution in [-0.2, 0) is 6.54 Å². The van der Waals surface area contributed by atoms with Crippen molar-refractivity contribution >= 4 is 23.0 Å². The van der Waals surface area contributed by atoms with Crippen LogP contribution < -0.4 is 10.6 Å². The van der Waals surface area contributed by atoms with Crippen molar-refractivity contribution in [2.45, 2.75) is 25.8 Å². The van der Waals surface area contributed by atoms with Gasteiger partial charge in [0.1, 0.15) is 0 Å². The standard InChI is InChI=1S/C23H22N2S/c1-2-18-19-10-6-7-11-20(19)22-14-17(12-13-21(18)22)25-23(26)24-15-16-8-4-3-5-9-16/h3-14,18H,2,15H2,1H3,(H2,24,25,26). The van der Waals surface area contributed by atoms with E-state index in [1.165, 1.54) is 27.8 Å². The first-order chi connectivity index (χ1) is 12.8. The molecule has 0 heterocycles. The predicted octanol–water partition coefficient (Wildman–Crippen LogP) is 5.70. The van der Waals surface area contributed by atoms with Gasteiger partial charge in [-0.05, 0) is 58.6 Å². The minimum absolute atomic E-state index is 0.499. The van der Waals surface area contributed by atoms with Crippen molar-refractivity contribution in [3.63, 3.8) is 0 Å². The molecular weight excluding hydrogens is 336 g/mol. The zero-order valence-corrected chi connectivity index (χ0v) is 15.6. The van der Waals surface area contributed by atoms with E-state index in [1.54, 1.807) is 0 Å². The fourth-order valence-corrected chi connectivity index (χ4v) is 3.97. The molecule has 1 atom stereocenters. The van der Waals surface area contributed by atoms with Gasteiger partial charge in [-0.2, -0.15) is 0 Å². The van der Waals surface area contributed by atoms with Crippen LogP contribution in [-0.4, -0.2) is 5.11 Å². The first-order valence-corrected chi connectivity index (χ1v) is 9.49. The number of benzene rings is 3. The highest BCUT2D eigenvalue weighted by Crippen LogP contribution is 2.46. The van der Waals surface area contributed by atoms with Gasteiger partial charge >= 0.3 is 0 Å². The van der Waals surface area contributed by atoms with Crippen molar-refractivity contribution in [3.8, 4) is 11.1 Å². The van der Waals surface area contributed by atoms with Gasteiger partial charge in [0, 0.05) is 18.2 Å². The van der Waals surface area contributed by atoms with E-state index in [0.29, 0.717) is 11.0 Å². The minimum Gasteiger partial charge on any atom is -0.358 e. The summed E-state index contributed by atoms with van der Waals surface area (Å²) in [6.07, 6.45) is 1.12. The molecule has 0 radical (unpaired) electrons. The van der Waals surface area contributed by atoms with Crippen LogP contribution in [0.4, 0.5) is 5.69 Å². The molecule has 3 aromatic rings. The third-order valence-electron chi connectivity index (χ3n) is 5.02. The second kappa shape index (κ2) is 7.30. The normalized spacial score (nSPS) is 14.4. The van der Waals surface area contributed by atoms with Crippen molar-refractivity contribution < 1.29 is 0 Å². The summed E-state index contributed by atoms with van der Waals surface area (Å²) in [6, 6.07) is 25.6. The highest BCUT2D eigenvalue weighted by Gasteiger charge is 2.27. The van der Waals surface area contributed by atoms with Gasteiger partial charge < -0.3 is 10.6 Å². The summed E-state index contributed by atoms with van der Waals surface area (Å²) in [6.45, 7) is 2.98. The quantitative estimate of drug-likeness (QED) is 0.585. The summed E-state index contributed by atoms with van der Waals surface area (Å²) < 4.78 is 0. The lowest BCUT2D eigenvalue weighted by atomic mass is 9.94. The molecular formula is C23H22N2S. The molecule has 0 fully saturated rings. The zero-order chi connectivity index (χ0) is 17.9. The third kappa shape index (κ3) is 3.23. The van der Waals surface area contributed by atoms with E-state index in [4.69, 9.17) is 12.2 Å². The molecule has 0 amide bonds. The monoisotopic (exact) mass is 358 g/mol. The van der Waals surface area contributed by atoms with Gasteiger partial charge in [-0.1, -0.05) is 67.6 Å². The minimum atomic E-state index is 0.499. The molecule has 4 rings (SSSR count). The Morgan fingerprint density at radius 2 is 1.62 bits per heavy atom. The van der Waals surface area contributed by atoms with E-state index in [9.17, 15) is 0 Å². The topological polar surface area (TPSA) is 24.1 Å². The molecule has 0 saturated carbocycles. The Labute approximate surface area is 160 Å². The Morgan fingerprint density at radius 3 is 2.42 bits per heavy atom. The van der Waals surface area contributed by atoms with Crippen LogP contribution in [0.15, 0.2) is 72.8 Å². The van der Waals surface area contributed by atoms with Gasteiger partial charge in [0.25, 0.3) is 0 Å². The van der Waals surface area contributed by atoms with Crippen molar-refractivity contribution in [1.82, 2.24) is 5.32 Å². The third-order valence-corrected chi connectivity index (χ3v) is 5.26. The SMILES string of the molecule is CCC1c2ccccc2-c2cc(NC(=S)NCc3ccccc3)ccc21. The van der Waals surface area contributed by atoms with E-state index >= 15 is 0 Å². The lowest BCUT2D eigenvalue weighted by Gasteiger charge is -2.13. The summed E-state index contributed by atoms with van der Waals surface area (Å²) in [5.41, 5.74) is 7.77. The van der Waals surface area contributed by atoms with Crippen molar-refractivity contribution in [3.05, 3.63) is 89.5 Å². The van der Waals surface area contributed by atoms with Gasteiger partial charge in [-0.3, -0.25) is 0 Å². The van der Waals surface area contributed by atoms with Crippen LogP contribution >= 0.6 is 12.2 Å². The lowest BCUT2D eigenvalue weighted by molar-refractivity contribution is 0.797. The van der Waals surface area contributed by atoms with Gasteiger partial charge in [0.15, 0.2) is 5.11 Å². The molecule has 0 aliphatic heterocycles. The molecule has 130 valence electrons. The van der Waals surface area contributed by atoms with E-state index < -0.39 is 0 Å². The Kier molecular flexibility index (Phi) is 4.72. The summed E-state index contributed by atoms with van der Waals surface area (Å²) in [4.78, 5) is 0. The highest BCUT2D eigenvalue weighted by atomic mass is 32.1. The summed E-state index contributed by atoms with van der Waals surface area (Å²) in [5, 5.41) is 7.25. The Hall–Kier alpha value is -2.65. The van der Waals surface area contributed by atoms with Crippen LogP contribution in [0.1, 0.15) is 36.0 Å². The maximum absolute atomic E-state index is 5.46. The fourth-order valence-electron chi connectivity index (χ4n) is 3.78. The Bertz CT molecular complexity index is 934. The molecule has 1 aliphatic rings. The number of anilines is 1. The molecule has 2 N–H and O–H groups in total. The number of hydrogen-bond donors (Lipinski definition) is 2. The largest absolute Gasteiger partial charge is 0.358 e. The van der Waals surface area contributed by atoms with E-state index in [-0.39, 0.29) is 0 Å². The van der Waals surface area contributed by atoms with E-state index in [1.807, 2.05) is 18.2 Å². The van der Waals surface area contributed by atoms with E-state index in [0.717, 1.165) is 18.7 Å². The zero-order valence-electron chi connectivity index (χ0n) is 14.8. The summed E-state index contributed by atoms with van der Waals surface area (Å²) in [5.74, 6) is 0.499. The Balaban J connectivity index is 1.51. The number of thiocarbonyl (C=S) groups is 1. The first-order valence-electron chi connectivity index (χ1n) is 9.08. The number of hydrogen-bond acceptors (Lipinski definition) is 1. The Morgan fingerprint density at radius 1 is 0.885 bits per heavy atom. The molecule has 2 nitrogen and oxygen atoms in total. The lowest BCUT2D eigenvalue weighted by Crippen LogP contribution is -2.27. The van der Waals surface area contributed by atoms with Crippen LogP contribution in [0.3, 0.4) is 0 Å². The van der Waals surface area contributed by atoms with Gasteiger partial charge in [0.2, 0.25) is 0 Å². The molecule has 0 aromatic heterocycles. The van der Waals surface area contributed by atoms with Crippen molar-refractivity contribution in [2.75, 3.05) is 5.32 Å². The fraction of sp³-hybridized carbons (Fsp3) is 0.174. The average Bonchev–Trinajstić information content (AvgIpc) is 3.00. The molecule has 26 heavy (non-hydrogen) atoms. The van der Waals surface area contributed by atoms with Crippen LogP contribution in [0, 0.1) is 0 Å². The molecule has 3 aromatic carbocycles. The molecule has 0 spiro atoms. The van der Waals surface area contributed by atoms with E-state index in [2.05, 4.69) is 72.2 Å². The van der Waals surface area contributed by atoms with Gasteiger partial charge in [-0.25, -0.2) is 0 Å². The molecule has 1 unspecified atom stereocenters.